The van der Waals surface area contributed by atoms with Crippen molar-refractivity contribution < 1.29 is 19.2 Å². The predicted octanol–water partition coefficient (Wildman–Crippen LogP) is 3.66. The molecule has 0 heterocycles. The average molecular weight is 356 g/mol. The third-order valence-electron chi connectivity index (χ3n) is 3.37. The van der Waals surface area contributed by atoms with Crippen LogP contribution in [-0.4, -0.2) is 30.7 Å². The third kappa shape index (κ3) is 6.03. The van der Waals surface area contributed by atoms with E-state index in [1.165, 1.54) is 18.2 Å². The molecule has 0 aromatic heterocycles. The van der Waals surface area contributed by atoms with Crippen molar-refractivity contribution in [3.63, 3.8) is 0 Å². The zero-order valence-electron chi connectivity index (χ0n) is 14.4. The van der Waals surface area contributed by atoms with E-state index < -0.39 is 4.92 Å². The van der Waals surface area contributed by atoms with E-state index in [2.05, 4.69) is 5.32 Å². The summed E-state index contributed by atoms with van der Waals surface area (Å²) in [6, 6.07) is 13.1. The maximum Gasteiger partial charge on any atom is 0.269 e. The van der Waals surface area contributed by atoms with Crippen molar-refractivity contribution in [3.8, 4) is 5.75 Å². The van der Waals surface area contributed by atoms with E-state index in [9.17, 15) is 14.9 Å². The number of nitro groups is 1. The number of amides is 1. The molecule has 7 heteroatoms. The molecule has 2 aromatic rings. The van der Waals surface area contributed by atoms with Crippen LogP contribution in [0.15, 0.2) is 54.6 Å². The zero-order chi connectivity index (χ0) is 18.8. The number of rotatable bonds is 9. The molecular formula is C19H20N2O5. The Bertz CT molecular complexity index is 772. The van der Waals surface area contributed by atoms with E-state index in [-0.39, 0.29) is 11.6 Å². The van der Waals surface area contributed by atoms with Crippen molar-refractivity contribution in [2.75, 3.05) is 25.1 Å². The van der Waals surface area contributed by atoms with Crippen LogP contribution in [0.2, 0.25) is 0 Å². The Labute approximate surface area is 151 Å². The smallest absolute Gasteiger partial charge is 0.269 e. The fraction of sp³-hybridized carbons (Fsp3) is 0.211. The summed E-state index contributed by atoms with van der Waals surface area (Å²) in [5, 5.41) is 13.4. The third-order valence-corrected chi connectivity index (χ3v) is 3.37. The van der Waals surface area contributed by atoms with Gasteiger partial charge in [-0.2, -0.15) is 0 Å². The van der Waals surface area contributed by atoms with Crippen molar-refractivity contribution in [2.24, 2.45) is 0 Å². The lowest BCUT2D eigenvalue weighted by Gasteiger charge is -2.11. The number of para-hydroxylation sites is 2. The molecule has 7 nitrogen and oxygen atoms in total. The van der Waals surface area contributed by atoms with Gasteiger partial charge in [-0.3, -0.25) is 14.9 Å². The molecule has 26 heavy (non-hydrogen) atoms. The molecule has 2 aromatic carbocycles. The lowest BCUT2D eigenvalue weighted by atomic mass is 10.2. The first kappa shape index (κ1) is 19.1. The van der Waals surface area contributed by atoms with E-state index in [4.69, 9.17) is 9.47 Å². The Morgan fingerprint density at radius 1 is 1.15 bits per heavy atom. The van der Waals surface area contributed by atoms with Gasteiger partial charge in [-0.1, -0.05) is 12.1 Å². The van der Waals surface area contributed by atoms with Crippen molar-refractivity contribution in [1.29, 1.82) is 0 Å². The summed E-state index contributed by atoms with van der Waals surface area (Å²) in [6.45, 7) is 3.39. The highest BCUT2D eigenvalue weighted by Gasteiger charge is 2.06. The van der Waals surface area contributed by atoms with Gasteiger partial charge in [0.05, 0.1) is 17.2 Å². The molecule has 0 saturated carbocycles. The Morgan fingerprint density at radius 3 is 2.58 bits per heavy atom. The summed E-state index contributed by atoms with van der Waals surface area (Å²) in [6.07, 6.45) is 2.94. The minimum atomic E-state index is -0.470. The molecule has 136 valence electrons. The second-order valence-electron chi connectivity index (χ2n) is 5.21. The number of nitrogens with zero attached hydrogens (tertiary/aromatic N) is 1. The summed E-state index contributed by atoms with van der Waals surface area (Å²) >= 11 is 0. The van der Waals surface area contributed by atoms with Crippen molar-refractivity contribution in [1.82, 2.24) is 0 Å². The molecule has 2 rings (SSSR count). The van der Waals surface area contributed by atoms with Gasteiger partial charge in [-0.05, 0) is 42.8 Å². The second-order valence-corrected chi connectivity index (χ2v) is 5.21. The molecule has 0 aliphatic rings. The lowest BCUT2D eigenvalue weighted by molar-refractivity contribution is -0.384. The van der Waals surface area contributed by atoms with Crippen molar-refractivity contribution in [2.45, 2.75) is 6.92 Å². The van der Waals surface area contributed by atoms with Gasteiger partial charge >= 0.3 is 0 Å². The fourth-order valence-electron chi connectivity index (χ4n) is 2.10. The van der Waals surface area contributed by atoms with E-state index in [1.807, 2.05) is 13.0 Å². The van der Waals surface area contributed by atoms with Crippen LogP contribution in [-0.2, 0) is 9.53 Å². The zero-order valence-corrected chi connectivity index (χ0v) is 14.4. The van der Waals surface area contributed by atoms with Gasteiger partial charge in [0.2, 0.25) is 5.91 Å². The number of non-ortho nitro benzene ring substituents is 1. The molecule has 0 unspecified atom stereocenters. The molecule has 0 atom stereocenters. The number of nitro benzene ring substituents is 1. The monoisotopic (exact) mass is 356 g/mol. The van der Waals surface area contributed by atoms with Crippen LogP contribution in [0.4, 0.5) is 11.4 Å². The molecule has 0 aliphatic carbocycles. The molecule has 1 amide bonds. The molecule has 0 radical (unpaired) electrons. The Hall–Kier alpha value is -3.19. The molecule has 1 N–H and O–H groups in total. The van der Waals surface area contributed by atoms with E-state index >= 15 is 0 Å². The fourth-order valence-corrected chi connectivity index (χ4v) is 2.10. The number of anilines is 1. The van der Waals surface area contributed by atoms with E-state index in [0.717, 1.165) is 0 Å². The van der Waals surface area contributed by atoms with Crippen LogP contribution < -0.4 is 10.1 Å². The van der Waals surface area contributed by atoms with Crippen LogP contribution in [0.25, 0.3) is 6.08 Å². The molecular weight excluding hydrogens is 336 g/mol. The Kier molecular flexibility index (Phi) is 7.32. The molecule has 0 aliphatic heterocycles. The van der Waals surface area contributed by atoms with Gasteiger partial charge in [0.15, 0.2) is 0 Å². The van der Waals surface area contributed by atoms with Gasteiger partial charge in [-0.15, -0.1) is 0 Å². The van der Waals surface area contributed by atoms with E-state index in [1.54, 1.807) is 36.4 Å². The first-order valence-electron chi connectivity index (χ1n) is 8.13. The van der Waals surface area contributed by atoms with Gasteiger partial charge in [0, 0.05) is 24.8 Å². The highest BCUT2D eigenvalue weighted by Crippen LogP contribution is 2.23. The SMILES string of the molecule is CCOCCOc1ccccc1NC(=O)/C=C/c1ccc([N+](=O)[O-])cc1. The topological polar surface area (TPSA) is 90.7 Å². The first-order valence-corrected chi connectivity index (χ1v) is 8.13. The molecule has 0 saturated heterocycles. The first-order chi connectivity index (χ1) is 12.6. The molecule has 0 fully saturated rings. The summed E-state index contributed by atoms with van der Waals surface area (Å²) in [7, 11) is 0. The normalized spacial score (nSPS) is 10.7. The number of hydrogen-bond acceptors (Lipinski definition) is 5. The lowest BCUT2D eigenvalue weighted by Crippen LogP contribution is -2.11. The largest absolute Gasteiger partial charge is 0.489 e. The van der Waals surface area contributed by atoms with Gasteiger partial charge in [0.25, 0.3) is 5.69 Å². The summed E-state index contributed by atoms with van der Waals surface area (Å²) in [5.74, 6) is 0.230. The van der Waals surface area contributed by atoms with Crippen LogP contribution in [0.1, 0.15) is 12.5 Å². The summed E-state index contributed by atoms with van der Waals surface area (Å²) in [5.41, 5.74) is 1.25. The van der Waals surface area contributed by atoms with Crippen molar-refractivity contribution >= 4 is 23.4 Å². The predicted molar refractivity (Wildman–Crippen MR) is 99.2 cm³/mol. The second kappa shape index (κ2) is 9.95. The molecule has 0 bridgehead atoms. The standard InChI is InChI=1S/C19H20N2O5/c1-2-25-13-14-26-18-6-4-3-5-17(18)20-19(22)12-9-15-7-10-16(11-8-15)21(23)24/h3-12H,2,13-14H2,1H3,(H,20,22)/b12-9+. The van der Waals surface area contributed by atoms with Crippen molar-refractivity contribution in [3.05, 3.63) is 70.3 Å². The summed E-state index contributed by atoms with van der Waals surface area (Å²) in [4.78, 5) is 22.3. The quantitative estimate of drug-likeness (QED) is 0.320. The van der Waals surface area contributed by atoms with Gasteiger partial charge in [0.1, 0.15) is 12.4 Å². The number of hydrogen-bond donors (Lipinski definition) is 1. The highest BCUT2D eigenvalue weighted by atomic mass is 16.6. The summed E-state index contributed by atoms with van der Waals surface area (Å²) < 4.78 is 10.8. The minimum absolute atomic E-state index is 0.00438. The number of carbonyl (C=O) groups is 1. The van der Waals surface area contributed by atoms with E-state index in [0.29, 0.717) is 36.8 Å². The highest BCUT2D eigenvalue weighted by molar-refractivity contribution is 6.02. The van der Waals surface area contributed by atoms with Crippen LogP contribution in [0.3, 0.4) is 0 Å². The molecule has 0 spiro atoms. The average Bonchev–Trinajstić information content (AvgIpc) is 2.65. The number of ether oxygens (including phenoxy) is 2. The van der Waals surface area contributed by atoms with Crippen LogP contribution >= 0.6 is 0 Å². The maximum absolute atomic E-state index is 12.1. The van der Waals surface area contributed by atoms with Crippen LogP contribution in [0.5, 0.6) is 5.75 Å². The number of carbonyl (C=O) groups excluding carboxylic acids is 1. The minimum Gasteiger partial charge on any atom is -0.489 e. The Balaban J connectivity index is 1.95. The van der Waals surface area contributed by atoms with Crippen LogP contribution in [0, 0.1) is 10.1 Å². The number of benzene rings is 2. The van der Waals surface area contributed by atoms with Gasteiger partial charge < -0.3 is 14.8 Å². The number of nitrogens with one attached hydrogen (secondary N) is 1. The van der Waals surface area contributed by atoms with Gasteiger partial charge in [-0.25, -0.2) is 0 Å². The Morgan fingerprint density at radius 2 is 1.88 bits per heavy atom. The maximum atomic E-state index is 12.1.